The van der Waals surface area contributed by atoms with Crippen LogP contribution in [-0.2, 0) is 49.0 Å². The molecule has 14 heteroatoms. The van der Waals surface area contributed by atoms with Crippen molar-refractivity contribution in [3.63, 3.8) is 0 Å². The van der Waals surface area contributed by atoms with Gasteiger partial charge in [-0.3, -0.25) is 4.79 Å². The van der Waals surface area contributed by atoms with E-state index < -0.39 is 67.7 Å². The summed E-state index contributed by atoms with van der Waals surface area (Å²) in [6.07, 6.45) is 14.4. The van der Waals surface area contributed by atoms with Crippen molar-refractivity contribution in [2.75, 3.05) is 33.0 Å². The van der Waals surface area contributed by atoms with Crippen molar-refractivity contribution in [3.05, 3.63) is 42.0 Å². The third-order valence-corrected chi connectivity index (χ3v) is 16.1. The molecule has 1 amide bonds. The first kappa shape index (κ1) is 55.4. The molecule has 1 aromatic rings. The lowest BCUT2D eigenvalue weighted by Gasteiger charge is -2.37. The Labute approximate surface area is 378 Å². The third kappa shape index (κ3) is 20.3. The predicted molar refractivity (Wildman–Crippen MR) is 247 cm³/mol. The molecule has 1 fully saturated rings. The van der Waals surface area contributed by atoms with E-state index in [2.05, 4.69) is 44.9 Å². The molecule has 13 nitrogen and oxygen atoms in total. The summed E-state index contributed by atoms with van der Waals surface area (Å²) >= 11 is 0. The van der Waals surface area contributed by atoms with Crippen molar-refractivity contribution in [2.45, 2.75) is 186 Å². The Hall–Kier alpha value is -3.74. The molecular weight excluding hydrogens is 823 g/mol. The normalized spacial score (nSPS) is 16.0. The fraction of sp³-hybridized carbons (Fsp3) is 0.714. The van der Waals surface area contributed by atoms with Crippen molar-refractivity contribution in [2.24, 2.45) is 5.92 Å². The number of hydrogen-bond donors (Lipinski definition) is 3. The summed E-state index contributed by atoms with van der Waals surface area (Å²) in [4.78, 5) is 53.5. The van der Waals surface area contributed by atoms with E-state index in [0.717, 1.165) is 44.9 Å². The van der Waals surface area contributed by atoms with Crippen LogP contribution in [0.15, 0.2) is 36.4 Å². The van der Waals surface area contributed by atoms with Crippen molar-refractivity contribution in [3.8, 4) is 17.6 Å². The highest BCUT2D eigenvalue weighted by molar-refractivity contribution is 6.74. The number of hydrogen-bond acceptors (Lipinski definition) is 11. The first-order valence-electron chi connectivity index (χ1n) is 22.9. The molecule has 63 heavy (non-hydrogen) atoms. The fourth-order valence-corrected chi connectivity index (χ4v) is 7.94. The Morgan fingerprint density at radius 1 is 0.921 bits per heavy atom. The number of aliphatic hydroxyl groups is 1. The average Bonchev–Trinajstić information content (AvgIpc) is 3.67. The highest BCUT2D eigenvalue weighted by Crippen LogP contribution is 2.37. The number of carbonyl (C=O) groups is 4. The highest BCUT2D eigenvalue weighted by atomic mass is 28.4. The number of esters is 2. The molecule has 0 bridgehead atoms. The number of carbonyl (C=O) groups excluding carboxylic acids is 3. The van der Waals surface area contributed by atoms with Gasteiger partial charge in [-0.15, -0.1) is 5.92 Å². The maximum atomic E-state index is 14.4. The van der Waals surface area contributed by atoms with Crippen LogP contribution in [0.2, 0.25) is 18.1 Å². The minimum absolute atomic E-state index is 0.0828. The smallest absolute Gasteiger partial charge is 0.344 e. The minimum Gasteiger partial charge on any atom is -0.481 e. The van der Waals surface area contributed by atoms with Crippen LogP contribution in [0.25, 0.3) is 0 Å². The van der Waals surface area contributed by atoms with Gasteiger partial charge in [0.15, 0.2) is 26.3 Å². The lowest BCUT2D eigenvalue weighted by molar-refractivity contribution is -0.170. The number of aliphatic carboxylic acids is 1. The molecule has 0 unspecified atom stereocenters. The second-order valence-electron chi connectivity index (χ2n) is 19.0. The summed E-state index contributed by atoms with van der Waals surface area (Å²) < 4.78 is 34.7. The van der Waals surface area contributed by atoms with E-state index in [1.165, 1.54) is 31.8 Å². The van der Waals surface area contributed by atoms with Crippen LogP contribution in [0, 0.1) is 17.8 Å². The topological polar surface area (TPSA) is 176 Å². The molecule has 3 atom stereocenters. The van der Waals surface area contributed by atoms with Crippen LogP contribution in [0.3, 0.4) is 0 Å². The van der Waals surface area contributed by atoms with E-state index in [0.29, 0.717) is 30.9 Å². The van der Waals surface area contributed by atoms with E-state index in [9.17, 15) is 29.4 Å². The van der Waals surface area contributed by atoms with Crippen LogP contribution < -0.4 is 10.1 Å². The summed E-state index contributed by atoms with van der Waals surface area (Å²) in [7, 11) is -2.36. The molecule has 1 heterocycles. The zero-order chi connectivity index (χ0) is 47.2. The van der Waals surface area contributed by atoms with Crippen molar-refractivity contribution in [1.29, 1.82) is 0 Å². The molecule has 0 aliphatic carbocycles. The number of allylic oxidation sites excluding steroid dienone is 1. The van der Waals surface area contributed by atoms with E-state index in [-0.39, 0.29) is 31.1 Å². The standard InChI is InChI=1S/C49H79NO12Si/c1-11-13-15-19-22-29-48(59-34-35-60-48)30-23-20-17-16-18-21-24-40(49(56,45(54)55)31-33-61-63(9,10)47(6,7)8)43(52)50-41(44(53)58-37-42(51)62-46(3,4)5)36-38-25-27-39(28-26-38)57-32-14-12-2/h21,24-28,40-41,56H,11,13,15-20,22-23,29-37H2,1-10H3,(H,50,52)(H,54,55)/b24-21+/t40-,41+,49+/m1/s1. The number of carboxylic acid groups (broad SMARTS) is 1. The quantitative estimate of drug-likeness (QED) is 0.0229. The number of unbranched alkanes of at least 4 members (excludes halogenated alkanes) is 8. The lowest BCUT2D eigenvalue weighted by atomic mass is 9.83. The zero-order valence-electron chi connectivity index (χ0n) is 40.0. The first-order valence-corrected chi connectivity index (χ1v) is 25.8. The Kier molecular flexibility index (Phi) is 23.7. The van der Waals surface area contributed by atoms with Crippen molar-refractivity contribution >= 4 is 32.1 Å². The number of rotatable bonds is 29. The van der Waals surface area contributed by atoms with E-state index in [1.807, 2.05) is 13.1 Å². The van der Waals surface area contributed by atoms with Crippen LogP contribution in [0.1, 0.15) is 144 Å². The van der Waals surface area contributed by atoms with Crippen molar-refractivity contribution < 1.29 is 57.5 Å². The Morgan fingerprint density at radius 2 is 1.52 bits per heavy atom. The average molecular weight is 902 g/mol. The van der Waals surface area contributed by atoms with Gasteiger partial charge in [0.05, 0.1) is 19.1 Å². The van der Waals surface area contributed by atoms with E-state index in [1.54, 1.807) is 58.0 Å². The molecule has 1 saturated heterocycles. The molecule has 0 spiro atoms. The molecular formula is C49H79NO12Si. The second-order valence-corrected chi connectivity index (χ2v) is 23.8. The number of carboxylic acids is 1. The lowest BCUT2D eigenvalue weighted by Crippen LogP contribution is -2.55. The second kappa shape index (κ2) is 26.9. The first-order chi connectivity index (χ1) is 29.6. The van der Waals surface area contributed by atoms with Gasteiger partial charge in [-0.25, -0.2) is 14.4 Å². The Morgan fingerprint density at radius 3 is 2.08 bits per heavy atom. The maximum Gasteiger partial charge on any atom is 0.344 e. The summed E-state index contributed by atoms with van der Waals surface area (Å²) in [6.45, 7) is 19.8. The van der Waals surface area contributed by atoms with Gasteiger partial charge in [0.1, 0.15) is 24.0 Å². The molecule has 1 aliphatic heterocycles. The highest BCUT2D eigenvalue weighted by Gasteiger charge is 2.48. The zero-order valence-corrected chi connectivity index (χ0v) is 41.0. The van der Waals surface area contributed by atoms with Crippen molar-refractivity contribution in [1.82, 2.24) is 5.32 Å². The van der Waals surface area contributed by atoms with Gasteiger partial charge in [0, 0.05) is 32.3 Å². The SMILES string of the molecule is CC#CCOc1ccc(C[C@H](NC(=O)[C@@H](/C=C/CCCCCCC2(CCCCCCC)OCCO2)[C@@](O)(CCO[Si](C)(C)C(C)(C)C)C(=O)O)C(=O)OCC(=O)OC(C)(C)C)cc1. The molecule has 0 aromatic heterocycles. The molecule has 0 radical (unpaired) electrons. The summed E-state index contributed by atoms with van der Waals surface area (Å²) in [5.74, 6) is -0.221. The number of amides is 1. The van der Waals surface area contributed by atoms with Gasteiger partial charge >= 0.3 is 17.9 Å². The Bertz CT molecular complexity index is 1650. The fourth-order valence-electron chi connectivity index (χ4n) is 6.89. The number of benzene rings is 1. The van der Waals surface area contributed by atoms with Gasteiger partial charge in [-0.05, 0) is 89.2 Å². The molecule has 2 rings (SSSR count). The molecule has 1 aromatic carbocycles. The molecule has 356 valence electrons. The van der Waals surface area contributed by atoms with E-state index >= 15 is 0 Å². The van der Waals surface area contributed by atoms with Crippen LogP contribution in [0.4, 0.5) is 0 Å². The van der Waals surface area contributed by atoms with Crippen LogP contribution >= 0.6 is 0 Å². The summed E-state index contributed by atoms with van der Waals surface area (Å²) in [5.41, 5.74) is -2.81. The Balaban J connectivity index is 2.31. The van der Waals surface area contributed by atoms with Gasteiger partial charge in [-0.2, -0.15) is 0 Å². The number of nitrogens with one attached hydrogen (secondary N) is 1. The molecule has 3 N–H and O–H groups in total. The van der Waals surface area contributed by atoms with Crippen LogP contribution in [0.5, 0.6) is 5.75 Å². The largest absolute Gasteiger partial charge is 0.481 e. The predicted octanol–water partition coefficient (Wildman–Crippen LogP) is 8.85. The third-order valence-electron chi connectivity index (χ3n) is 11.6. The minimum atomic E-state index is -2.60. The number of ether oxygens (including phenoxy) is 5. The summed E-state index contributed by atoms with van der Waals surface area (Å²) in [5, 5.41) is 25.0. The maximum absolute atomic E-state index is 14.4. The van der Waals surface area contributed by atoms with Crippen LogP contribution in [-0.4, -0.2) is 98.4 Å². The summed E-state index contributed by atoms with van der Waals surface area (Å²) in [6, 6.07) is 5.43. The van der Waals surface area contributed by atoms with E-state index in [4.69, 9.17) is 28.1 Å². The monoisotopic (exact) mass is 902 g/mol. The van der Waals surface area contributed by atoms with Gasteiger partial charge in [0.2, 0.25) is 5.91 Å². The van der Waals surface area contributed by atoms with Gasteiger partial charge in [-0.1, -0.05) is 96.4 Å². The van der Waals surface area contributed by atoms with Gasteiger partial charge < -0.3 is 43.6 Å². The molecule has 1 aliphatic rings. The molecule has 0 saturated carbocycles. The van der Waals surface area contributed by atoms with Gasteiger partial charge in [0.25, 0.3) is 0 Å².